The number of benzene rings is 2. The molecule has 1 aromatic heterocycles. The fraction of sp³-hybridized carbons (Fsp3) is 0.182. The Balaban J connectivity index is 1.51. The van der Waals surface area contributed by atoms with Crippen LogP contribution in [0, 0.1) is 0 Å². The van der Waals surface area contributed by atoms with Crippen LogP contribution in [0.15, 0.2) is 66.9 Å². The third-order valence-electron chi connectivity index (χ3n) is 4.59. The van der Waals surface area contributed by atoms with E-state index >= 15 is 0 Å². The van der Waals surface area contributed by atoms with Crippen molar-refractivity contribution in [1.29, 1.82) is 0 Å². The molecule has 0 saturated heterocycles. The van der Waals surface area contributed by atoms with E-state index in [9.17, 15) is 4.79 Å². The van der Waals surface area contributed by atoms with Gasteiger partial charge in [-0.1, -0.05) is 30.3 Å². The third kappa shape index (κ3) is 3.49. The van der Waals surface area contributed by atoms with Gasteiger partial charge in [-0.15, -0.1) is 0 Å². The van der Waals surface area contributed by atoms with E-state index < -0.39 is 0 Å². The van der Waals surface area contributed by atoms with Crippen molar-refractivity contribution in [2.24, 2.45) is 0 Å². The maximum atomic E-state index is 12.9. The molecule has 1 aliphatic rings. The van der Waals surface area contributed by atoms with Gasteiger partial charge in [-0.3, -0.25) is 4.79 Å². The first-order valence-electron chi connectivity index (χ1n) is 9.11. The standard InChI is InChI=1S/C22H21N3O2/c1-2-27-20-10-6-4-8-18(20)24-21-12-11-17(15-23-21)22(26)25-14-13-16-7-3-5-9-19(16)25/h3-12,15H,2,13-14H2,1H3,(H,23,24). The fourth-order valence-electron chi connectivity index (χ4n) is 3.29. The second-order valence-corrected chi connectivity index (χ2v) is 6.32. The molecule has 27 heavy (non-hydrogen) atoms. The number of aromatic nitrogens is 1. The van der Waals surface area contributed by atoms with Gasteiger partial charge in [0.1, 0.15) is 11.6 Å². The highest BCUT2D eigenvalue weighted by atomic mass is 16.5. The highest BCUT2D eigenvalue weighted by Gasteiger charge is 2.25. The van der Waals surface area contributed by atoms with E-state index in [2.05, 4.69) is 16.4 Å². The predicted molar refractivity (Wildman–Crippen MR) is 107 cm³/mol. The Bertz CT molecular complexity index is 954. The monoisotopic (exact) mass is 359 g/mol. The topological polar surface area (TPSA) is 54.5 Å². The first-order valence-corrected chi connectivity index (χ1v) is 9.11. The van der Waals surface area contributed by atoms with Gasteiger partial charge in [0, 0.05) is 18.4 Å². The first-order chi connectivity index (χ1) is 13.3. The number of nitrogens with zero attached hydrogens (tertiary/aromatic N) is 2. The Kier molecular flexibility index (Phi) is 4.75. The van der Waals surface area contributed by atoms with Crippen LogP contribution in [-0.4, -0.2) is 24.0 Å². The van der Waals surface area contributed by atoms with Gasteiger partial charge < -0.3 is 15.0 Å². The summed E-state index contributed by atoms with van der Waals surface area (Å²) < 4.78 is 5.62. The molecule has 2 heterocycles. The van der Waals surface area contributed by atoms with Crippen molar-refractivity contribution < 1.29 is 9.53 Å². The Labute approximate surface area is 158 Å². The Morgan fingerprint density at radius 1 is 1.11 bits per heavy atom. The minimum Gasteiger partial charge on any atom is -0.492 e. The van der Waals surface area contributed by atoms with Crippen molar-refractivity contribution in [3.63, 3.8) is 0 Å². The number of hydrogen-bond donors (Lipinski definition) is 1. The molecule has 5 nitrogen and oxygen atoms in total. The number of carbonyl (C=O) groups is 1. The molecular formula is C22H21N3O2. The highest BCUT2D eigenvalue weighted by Crippen LogP contribution is 2.29. The molecule has 0 radical (unpaired) electrons. The zero-order chi connectivity index (χ0) is 18.6. The van der Waals surface area contributed by atoms with E-state index in [1.165, 1.54) is 5.56 Å². The Morgan fingerprint density at radius 3 is 2.74 bits per heavy atom. The second kappa shape index (κ2) is 7.50. The molecule has 2 aromatic carbocycles. The molecule has 5 heteroatoms. The van der Waals surface area contributed by atoms with E-state index in [0.29, 0.717) is 24.5 Å². The molecule has 0 aliphatic carbocycles. The van der Waals surface area contributed by atoms with E-state index in [-0.39, 0.29) is 5.91 Å². The molecule has 0 spiro atoms. The summed E-state index contributed by atoms with van der Waals surface area (Å²) in [5.74, 6) is 1.42. The van der Waals surface area contributed by atoms with Gasteiger partial charge in [-0.2, -0.15) is 0 Å². The summed E-state index contributed by atoms with van der Waals surface area (Å²) in [4.78, 5) is 19.1. The predicted octanol–water partition coefficient (Wildman–Crippen LogP) is 4.43. The number of para-hydroxylation sites is 3. The van der Waals surface area contributed by atoms with Gasteiger partial charge in [0.2, 0.25) is 0 Å². The van der Waals surface area contributed by atoms with Crippen LogP contribution in [-0.2, 0) is 6.42 Å². The minimum absolute atomic E-state index is 0.0197. The molecule has 136 valence electrons. The van der Waals surface area contributed by atoms with Gasteiger partial charge in [-0.25, -0.2) is 4.98 Å². The first kappa shape index (κ1) is 17.1. The van der Waals surface area contributed by atoms with Gasteiger partial charge >= 0.3 is 0 Å². The number of ether oxygens (including phenoxy) is 1. The van der Waals surface area contributed by atoms with E-state index in [1.807, 2.05) is 66.4 Å². The quantitative estimate of drug-likeness (QED) is 0.732. The van der Waals surface area contributed by atoms with E-state index in [4.69, 9.17) is 4.74 Å². The Hall–Kier alpha value is -3.34. The SMILES string of the molecule is CCOc1ccccc1Nc1ccc(C(=O)N2CCc3ccccc32)cn1. The fourth-order valence-corrected chi connectivity index (χ4v) is 3.29. The van der Waals surface area contributed by atoms with Crippen LogP contribution in [0.2, 0.25) is 0 Å². The van der Waals surface area contributed by atoms with Crippen molar-refractivity contribution in [2.75, 3.05) is 23.4 Å². The average molecular weight is 359 g/mol. The molecule has 4 rings (SSSR count). The lowest BCUT2D eigenvalue weighted by Crippen LogP contribution is -2.28. The lowest BCUT2D eigenvalue weighted by Gasteiger charge is -2.17. The molecule has 0 saturated carbocycles. The second-order valence-electron chi connectivity index (χ2n) is 6.32. The number of rotatable bonds is 5. The van der Waals surface area contributed by atoms with Crippen molar-refractivity contribution in [1.82, 2.24) is 4.98 Å². The van der Waals surface area contributed by atoms with E-state index in [1.54, 1.807) is 6.20 Å². The number of pyridine rings is 1. The van der Waals surface area contributed by atoms with Crippen molar-refractivity contribution >= 4 is 23.1 Å². The molecule has 0 unspecified atom stereocenters. The summed E-state index contributed by atoms with van der Waals surface area (Å²) in [6.07, 6.45) is 2.51. The third-order valence-corrected chi connectivity index (χ3v) is 4.59. The zero-order valence-electron chi connectivity index (χ0n) is 15.2. The molecule has 1 N–H and O–H groups in total. The van der Waals surface area contributed by atoms with Crippen LogP contribution in [0.1, 0.15) is 22.8 Å². The van der Waals surface area contributed by atoms with Crippen LogP contribution in [0.3, 0.4) is 0 Å². The number of hydrogen-bond acceptors (Lipinski definition) is 4. The summed E-state index contributed by atoms with van der Waals surface area (Å²) >= 11 is 0. The van der Waals surface area contributed by atoms with Crippen LogP contribution in [0.5, 0.6) is 5.75 Å². The molecule has 0 fully saturated rings. The van der Waals surface area contributed by atoms with Crippen LogP contribution >= 0.6 is 0 Å². The lowest BCUT2D eigenvalue weighted by molar-refractivity contribution is 0.0989. The zero-order valence-corrected chi connectivity index (χ0v) is 15.2. The van der Waals surface area contributed by atoms with Crippen LogP contribution in [0.4, 0.5) is 17.2 Å². The van der Waals surface area contributed by atoms with Gasteiger partial charge in [0.05, 0.1) is 17.9 Å². The summed E-state index contributed by atoms with van der Waals surface area (Å²) in [5, 5.41) is 3.25. The molecule has 1 aliphatic heterocycles. The molecule has 0 atom stereocenters. The van der Waals surface area contributed by atoms with E-state index in [0.717, 1.165) is 23.5 Å². The summed E-state index contributed by atoms with van der Waals surface area (Å²) in [5.41, 5.74) is 3.63. The maximum absolute atomic E-state index is 12.9. The van der Waals surface area contributed by atoms with Gasteiger partial charge in [0.25, 0.3) is 5.91 Å². The minimum atomic E-state index is -0.0197. The summed E-state index contributed by atoms with van der Waals surface area (Å²) in [6, 6.07) is 19.4. The van der Waals surface area contributed by atoms with Crippen molar-refractivity contribution in [3.8, 4) is 5.75 Å². The van der Waals surface area contributed by atoms with Crippen molar-refractivity contribution in [2.45, 2.75) is 13.3 Å². The van der Waals surface area contributed by atoms with Gasteiger partial charge in [-0.05, 0) is 49.2 Å². The number of anilines is 3. The Morgan fingerprint density at radius 2 is 1.93 bits per heavy atom. The molecule has 1 amide bonds. The maximum Gasteiger partial charge on any atom is 0.259 e. The molecule has 3 aromatic rings. The number of fused-ring (bicyclic) bond motifs is 1. The summed E-state index contributed by atoms with van der Waals surface area (Å²) in [6.45, 7) is 3.25. The van der Waals surface area contributed by atoms with Crippen LogP contribution < -0.4 is 15.0 Å². The molecule has 0 bridgehead atoms. The largest absolute Gasteiger partial charge is 0.492 e. The smallest absolute Gasteiger partial charge is 0.259 e. The molecular weight excluding hydrogens is 338 g/mol. The average Bonchev–Trinajstić information content (AvgIpc) is 3.14. The number of amides is 1. The number of carbonyl (C=O) groups excluding carboxylic acids is 1. The van der Waals surface area contributed by atoms with Gasteiger partial charge in [0.15, 0.2) is 0 Å². The lowest BCUT2D eigenvalue weighted by atomic mass is 10.2. The van der Waals surface area contributed by atoms with Crippen molar-refractivity contribution in [3.05, 3.63) is 78.0 Å². The normalized spacial score (nSPS) is 12.6. The number of nitrogens with one attached hydrogen (secondary N) is 1. The highest BCUT2D eigenvalue weighted by molar-refractivity contribution is 6.07. The summed E-state index contributed by atoms with van der Waals surface area (Å²) in [7, 11) is 0. The van der Waals surface area contributed by atoms with Crippen LogP contribution in [0.25, 0.3) is 0 Å².